The van der Waals surface area contributed by atoms with Crippen molar-refractivity contribution < 1.29 is 14.8 Å². The number of allylic oxidation sites excluding steroid dienone is 4. The van der Waals surface area contributed by atoms with Gasteiger partial charge in [-0.15, -0.1) is 0 Å². The van der Waals surface area contributed by atoms with E-state index in [1.54, 1.807) is 12.2 Å². The molecule has 0 saturated heterocycles. The van der Waals surface area contributed by atoms with Gasteiger partial charge in [0.15, 0.2) is 0 Å². The van der Waals surface area contributed by atoms with Gasteiger partial charge in [0.2, 0.25) is 0 Å². The van der Waals surface area contributed by atoms with E-state index in [1.807, 2.05) is 36.4 Å². The number of benzene rings is 1. The molecule has 0 amide bonds. The highest BCUT2D eigenvalue weighted by Gasteiger charge is 2.44. The Kier molecular flexibility index (Phi) is 3.50. The van der Waals surface area contributed by atoms with Crippen molar-refractivity contribution in [1.29, 1.82) is 0 Å². The van der Waals surface area contributed by atoms with Crippen molar-refractivity contribution in [2.24, 2.45) is 0 Å². The monoisotopic (exact) mass is 242 g/mol. The molecule has 0 aliphatic heterocycles. The van der Waals surface area contributed by atoms with Crippen LogP contribution in [0.1, 0.15) is 18.9 Å². The van der Waals surface area contributed by atoms with Crippen LogP contribution in [0.4, 0.5) is 0 Å². The summed E-state index contributed by atoms with van der Waals surface area (Å²) in [5.41, 5.74) is 2.05. The second-order valence-electron chi connectivity index (χ2n) is 4.53. The number of carbonyl (C=O) groups excluding carboxylic acids is 1. The molecule has 1 aliphatic carbocycles. The molecule has 92 valence electrons. The SMILES string of the molecule is CC(=O)C1(B(O)O)C=CC(c2ccccc2)=CC1. The van der Waals surface area contributed by atoms with Crippen molar-refractivity contribution in [1.82, 2.24) is 0 Å². The third-order valence-electron chi connectivity index (χ3n) is 3.44. The lowest BCUT2D eigenvalue weighted by Crippen LogP contribution is -2.37. The summed E-state index contributed by atoms with van der Waals surface area (Å²) in [5, 5.41) is 17.6. The van der Waals surface area contributed by atoms with Gasteiger partial charge in [0.1, 0.15) is 5.78 Å². The summed E-state index contributed by atoms with van der Waals surface area (Å²) in [4.78, 5) is 11.6. The van der Waals surface area contributed by atoms with Crippen molar-refractivity contribution in [3.63, 3.8) is 0 Å². The Balaban J connectivity index is 2.28. The lowest BCUT2D eigenvalue weighted by molar-refractivity contribution is -0.119. The molecule has 1 unspecified atom stereocenters. The minimum Gasteiger partial charge on any atom is -0.426 e. The first-order valence-corrected chi connectivity index (χ1v) is 5.88. The Bertz CT molecular complexity index is 505. The molecule has 2 rings (SSSR count). The van der Waals surface area contributed by atoms with E-state index in [9.17, 15) is 14.8 Å². The lowest BCUT2D eigenvalue weighted by Gasteiger charge is -2.28. The first-order valence-electron chi connectivity index (χ1n) is 5.88. The highest BCUT2D eigenvalue weighted by molar-refractivity contribution is 6.53. The quantitative estimate of drug-likeness (QED) is 0.795. The van der Waals surface area contributed by atoms with Gasteiger partial charge in [-0.1, -0.05) is 48.6 Å². The third kappa shape index (κ3) is 2.17. The fourth-order valence-electron chi connectivity index (χ4n) is 2.13. The van der Waals surface area contributed by atoms with E-state index in [0.29, 0.717) is 6.42 Å². The maximum absolute atomic E-state index is 11.6. The largest absolute Gasteiger partial charge is 0.470 e. The predicted octanol–water partition coefficient (Wildman–Crippen LogP) is 1.83. The zero-order chi connectivity index (χ0) is 13.2. The van der Waals surface area contributed by atoms with E-state index < -0.39 is 12.4 Å². The highest BCUT2D eigenvalue weighted by atomic mass is 16.4. The average molecular weight is 242 g/mol. The summed E-state index contributed by atoms with van der Waals surface area (Å²) >= 11 is 0. The highest BCUT2D eigenvalue weighted by Crippen LogP contribution is 2.41. The summed E-state index contributed by atoms with van der Waals surface area (Å²) in [6, 6.07) is 9.78. The van der Waals surface area contributed by atoms with Crippen LogP contribution in [0.3, 0.4) is 0 Å². The van der Waals surface area contributed by atoms with E-state index in [0.717, 1.165) is 11.1 Å². The van der Waals surface area contributed by atoms with Crippen LogP contribution in [0.2, 0.25) is 5.31 Å². The van der Waals surface area contributed by atoms with Crippen molar-refractivity contribution >= 4 is 18.5 Å². The normalized spacial score (nSPS) is 22.5. The fraction of sp³-hybridized carbons (Fsp3) is 0.214. The van der Waals surface area contributed by atoms with Gasteiger partial charge in [-0.25, -0.2) is 0 Å². The molecule has 1 atom stereocenters. The van der Waals surface area contributed by atoms with Crippen molar-refractivity contribution in [2.75, 3.05) is 0 Å². The van der Waals surface area contributed by atoms with E-state index in [1.165, 1.54) is 6.92 Å². The number of rotatable bonds is 3. The van der Waals surface area contributed by atoms with E-state index in [4.69, 9.17) is 0 Å². The zero-order valence-electron chi connectivity index (χ0n) is 10.2. The van der Waals surface area contributed by atoms with Gasteiger partial charge in [0.25, 0.3) is 0 Å². The van der Waals surface area contributed by atoms with Gasteiger partial charge >= 0.3 is 7.12 Å². The molecule has 0 saturated carbocycles. The summed E-state index contributed by atoms with van der Waals surface area (Å²) in [5.74, 6) is -0.239. The van der Waals surface area contributed by atoms with Crippen LogP contribution in [-0.2, 0) is 4.79 Å². The summed E-state index contributed by atoms with van der Waals surface area (Å²) in [7, 11) is -1.67. The maximum Gasteiger partial charge on any atom is 0.470 e. The number of Topliss-reactive ketones (excluding diaryl/α,β-unsaturated/α-hetero) is 1. The molecule has 0 heterocycles. The van der Waals surface area contributed by atoms with Gasteiger partial charge in [-0.3, -0.25) is 4.79 Å². The van der Waals surface area contributed by atoms with Crippen LogP contribution < -0.4 is 0 Å². The van der Waals surface area contributed by atoms with Crippen LogP contribution in [0.5, 0.6) is 0 Å². The number of carbonyl (C=O) groups is 1. The van der Waals surface area contributed by atoms with Gasteiger partial charge in [0.05, 0.1) is 5.31 Å². The second-order valence-corrected chi connectivity index (χ2v) is 4.53. The second kappa shape index (κ2) is 4.92. The maximum atomic E-state index is 11.6. The van der Waals surface area contributed by atoms with Crippen LogP contribution >= 0.6 is 0 Å². The Morgan fingerprint density at radius 2 is 1.94 bits per heavy atom. The molecule has 2 N–H and O–H groups in total. The minimum absolute atomic E-state index is 0.239. The molecule has 18 heavy (non-hydrogen) atoms. The van der Waals surface area contributed by atoms with E-state index in [2.05, 4.69) is 0 Å². The lowest BCUT2D eigenvalue weighted by atomic mass is 9.52. The molecule has 0 spiro atoms. The van der Waals surface area contributed by atoms with Gasteiger partial charge in [0, 0.05) is 0 Å². The number of hydrogen-bond donors (Lipinski definition) is 2. The van der Waals surface area contributed by atoms with Crippen LogP contribution in [0.15, 0.2) is 48.6 Å². The Labute approximate surface area is 107 Å². The molecule has 3 nitrogen and oxygen atoms in total. The molecule has 1 aromatic rings. The zero-order valence-corrected chi connectivity index (χ0v) is 10.2. The smallest absolute Gasteiger partial charge is 0.426 e. The average Bonchev–Trinajstić information content (AvgIpc) is 2.39. The Hall–Kier alpha value is -1.65. The fourth-order valence-corrected chi connectivity index (χ4v) is 2.13. The molecule has 1 aliphatic rings. The molecular formula is C14H15BO3. The van der Waals surface area contributed by atoms with Crippen molar-refractivity contribution in [3.05, 3.63) is 54.1 Å². The molecule has 0 fully saturated rings. The Morgan fingerprint density at radius 1 is 1.28 bits per heavy atom. The van der Waals surface area contributed by atoms with Crippen LogP contribution in [0.25, 0.3) is 5.57 Å². The number of hydrogen-bond acceptors (Lipinski definition) is 3. The first-order chi connectivity index (χ1) is 8.56. The van der Waals surface area contributed by atoms with Crippen molar-refractivity contribution in [2.45, 2.75) is 18.7 Å². The summed E-state index contributed by atoms with van der Waals surface area (Å²) < 4.78 is 0. The number of ketones is 1. The first kappa shape index (κ1) is 12.8. The third-order valence-corrected chi connectivity index (χ3v) is 3.44. The molecule has 0 radical (unpaired) electrons. The molecule has 1 aromatic carbocycles. The summed E-state index contributed by atoms with van der Waals surface area (Å²) in [6.45, 7) is 1.38. The topological polar surface area (TPSA) is 57.5 Å². The standard InChI is InChI=1S/C14H15BO3/c1-11(16)14(15(17)18)9-7-13(8-10-14)12-5-3-2-4-6-12/h2-9,17-18H,10H2,1H3. The Morgan fingerprint density at radius 3 is 2.39 bits per heavy atom. The molecule has 0 aromatic heterocycles. The molecular weight excluding hydrogens is 227 g/mol. The van der Waals surface area contributed by atoms with E-state index in [-0.39, 0.29) is 5.78 Å². The van der Waals surface area contributed by atoms with Gasteiger partial charge in [-0.05, 0) is 24.5 Å². The van der Waals surface area contributed by atoms with Crippen LogP contribution in [-0.4, -0.2) is 22.9 Å². The van der Waals surface area contributed by atoms with Gasteiger partial charge < -0.3 is 10.0 Å². The van der Waals surface area contributed by atoms with E-state index >= 15 is 0 Å². The minimum atomic E-state index is -1.67. The predicted molar refractivity (Wildman–Crippen MR) is 71.7 cm³/mol. The van der Waals surface area contributed by atoms with Crippen LogP contribution in [0, 0.1) is 0 Å². The van der Waals surface area contributed by atoms with Gasteiger partial charge in [-0.2, -0.15) is 0 Å². The summed E-state index contributed by atoms with van der Waals surface area (Å²) in [6.07, 6.45) is 5.55. The molecule has 4 heteroatoms. The molecule has 0 bridgehead atoms. The van der Waals surface area contributed by atoms with Crippen molar-refractivity contribution in [3.8, 4) is 0 Å².